The van der Waals surface area contributed by atoms with Crippen LogP contribution in [0.5, 0.6) is 0 Å². The van der Waals surface area contributed by atoms with Gasteiger partial charge in [0.05, 0.1) is 11.4 Å². The molecule has 0 aliphatic rings. The van der Waals surface area contributed by atoms with E-state index in [-0.39, 0.29) is 5.56 Å². The van der Waals surface area contributed by atoms with Crippen molar-refractivity contribution in [3.63, 3.8) is 0 Å². The molecule has 0 amide bonds. The summed E-state index contributed by atoms with van der Waals surface area (Å²) in [5, 5.41) is 3.12. The van der Waals surface area contributed by atoms with Crippen molar-refractivity contribution < 1.29 is 8.78 Å². The van der Waals surface area contributed by atoms with Crippen LogP contribution in [0.4, 0.5) is 20.4 Å². The van der Waals surface area contributed by atoms with Gasteiger partial charge >= 0.3 is 0 Å². The number of aromatic nitrogens is 3. The Morgan fingerprint density at radius 3 is 2.22 bits per heavy atom. The summed E-state index contributed by atoms with van der Waals surface area (Å²) in [4.78, 5) is 12.9. The molecule has 0 fully saturated rings. The molecule has 4 aromatic rings. The number of halogens is 2. The maximum Gasteiger partial charge on any atom is 0.228 e. The maximum atomic E-state index is 14.3. The van der Waals surface area contributed by atoms with E-state index in [1.54, 1.807) is 30.6 Å². The van der Waals surface area contributed by atoms with Gasteiger partial charge in [-0.3, -0.25) is 4.98 Å². The number of hydrogen-bond donors (Lipinski definition) is 1. The molecule has 1 N–H and O–H groups in total. The van der Waals surface area contributed by atoms with Crippen molar-refractivity contribution in [2.45, 2.75) is 0 Å². The fourth-order valence-electron chi connectivity index (χ4n) is 2.66. The Labute approximate surface area is 154 Å². The highest BCUT2D eigenvalue weighted by molar-refractivity contribution is 5.70. The molecule has 0 saturated heterocycles. The molecule has 0 bridgehead atoms. The van der Waals surface area contributed by atoms with Gasteiger partial charge in [-0.15, -0.1) is 0 Å². The number of rotatable bonds is 4. The second-order valence-electron chi connectivity index (χ2n) is 5.81. The van der Waals surface area contributed by atoms with E-state index in [4.69, 9.17) is 0 Å². The molecule has 6 heteroatoms. The molecule has 132 valence electrons. The third-order valence-corrected chi connectivity index (χ3v) is 3.94. The van der Waals surface area contributed by atoms with Gasteiger partial charge in [-0.25, -0.2) is 18.7 Å². The summed E-state index contributed by atoms with van der Waals surface area (Å²) in [6.07, 6.45) is 3.31. The molecular weight excluding hydrogens is 346 g/mol. The van der Waals surface area contributed by atoms with Crippen LogP contribution in [0.2, 0.25) is 0 Å². The normalized spacial score (nSPS) is 10.6. The summed E-state index contributed by atoms with van der Waals surface area (Å²) >= 11 is 0. The maximum absolute atomic E-state index is 14.3. The highest BCUT2D eigenvalue weighted by atomic mass is 19.1. The fourth-order valence-corrected chi connectivity index (χ4v) is 2.66. The summed E-state index contributed by atoms with van der Waals surface area (Å²) in [7, 11) is 0. The molecule has 0 spiro atoms. The second kappa shape index (κ2) is 7.29. The molecular formula is C21H14F2N4. The zero-order chi connectivity index (χ0) is 18.6. The van der Waals surface area contributed by atoms with E-state index in [0.717, 1.165) is 17.3 Å². The van der Waals surface area contributed by atoms with Crippen LogP contribution in [0.25, 0.3) is 22.5 Å². The molecule has 4 rings (SSSR count). The van der Waals surface area contributed by atoms with Crippen molar-refractivity contribution in [2.75, 3.05) is 5.32 Å². The Morgan fingerprint density at radius 2 is 1.48 bits per heavy atom. The molecule has 0 unspecified atom stereocenters. The van der Waals surface area contributed by atoms with E-state index in [0.29, 0.717) is 17.3 Å². The summed E-state index contributed by atoms with van der Waals surface area (Å²) in [6.45, 7) is 0. The van der Waals surface area contributed by atoms with E-state index in [1.807, 2.05) is 30.3 Å². The van der Waals surface area contributed by atoms with Crippen molar-refractivity contribution in [1.29, 1.82) is 0 Å². The molecule has 0 aliphatic heterocycles. The van der Waals surface area contributed by atoms with Crippen LogP contribution in [0.1, 0.15) is 0 Å². The van der Waals surface area contributed by atoms with Gasteiger partial charge in [-0.2, -0.15) is 0 Å². The predicted molar refractivity (Wildman–Crippen MR) is 100 cm³/mol. The number of anilines is 2. The van der Waals surface area contributed by atoms with Gasteiger partial charge < -0.3 is 5.32 Å². The lowest BCUT2D eigenvalue weighted by Crippen LogP contribution is -2.01. The average molecular weight is 360 g/mol. The van der Waals surface area contributed by atoms with Crippen molar-refractivity contribution in [3.8, 4) is 22.5 Å². The highest BCUT2D eigenvalue weighted by Crippen LogP contribution is 2.28. The van der Waals surface area contributed by atoms with Gasteiger partial charge in [-0.1, -0.05) is 18.2 Å². The largest absolute Gasteiger partial charge is 0.324 e. The van der Waals surface area contributed by atoms with Gasteiger partial charge in [0.1, 0.15) is 11.6 Å². The number of benzene rings is 2. The first kappa shape index (κ1) is 16.8. The third-order valence-electron chi connectivity index (χ3n) is 3.94. The molecule has 2 aromatic heterocycles. The molecule has 4 nitrogen and oxygen atoms in total. The summed E-state index contributed by atoms with van der Waals surface area (Å²) in [5.41, 5.74) is 2.77. The zero-order valence-corrected chi connectivity index (χ0v) is 14.1. The standard InChI is InChI=1S/C21H14F2N4/c22-15-6-7-17(18(23)12-15)20-13-19(14-8-10-24-11-9-14)26-21(27-20)25-16-4-2-1-3-5-16/h1-13H,(H,25,26,27). The first-order chi connectivity index (χ1) is 13.2. The lowest BCUT2D eigenvalue weighted by atomic mass is 10.1. The predicted octanol–water partition coefficient (Wildman–Crippen LogP) is 5.23. The van der Waals surface area contributed by atoms with Crippen LogP contribution < -0.4 is 5.32 Å². The average Bonchev–Trinajstić information content (AvgIpc) is 2.69. The van der Waals surface area contributed by atoms with Crippen molar-refractivity contribution >= 4 is 11.6 Å². The van der Waals surface area contributed by atoms with E-state index in [9.17, 15) is 8.78 Å². The number of hydrogen-bond acceptors (Lipinski definition) is 4. The van der Waals surface area contributed by atoms with Crippen LogP contribution in [0.15, 0.2) is 79.1 Å². The van der Waals surface area contributed by atoms with Gasteiger partial charge in [0, 0.05) is 35.3 Å². The minimum atomic E-state index is -0.681. The Balaban J connectivity index is 1.84. The first-order valence-corrected chi connectivity index (χ1v) is 8.26. The zero-order valence-electron chi connectivity index (χ0n) is 14.1. The lowest BCUT2D eigenvalue weighted by Gasteiger charge is -2.11. The number of pyridine rings is 1. The summed E-state index contributed by atoms with van der Waals surface area (Å²) in [6, 6.07) is 18.1. The Hall–Kier alpha value is -3.67. The van der Waals surface area contributed by atoms with Gasteiger partial charge in [-0.05, 0) is 42.5 Å². The third kappa shape index (κ3) is 3.79. The molecule has 0 radical (unpaired) electrons. The smallest absolute Gasteiger partial charge is 0.228 e. The fraction of sp³-hybridized carbons (Fsp3) is 0. The highest BCUT2D eigenvalue weighted by Gasteiger charge is 2.13. The Morgan fingerprint density at radius 1 is 0.741 bits per heavy atom. The topological polar surface area (TPSA) is 50.7 Å². The van der Waals surface area contributed by atoms with Crippen LogP contribution in [0, 0.1) is 11.6 Å². The van der Waals surface area contributed by atoms with E-state index in [2.05, 4.69) is 20.3 Å². The monoisotopic (exact) mass is 360 g/mol. The van der Waals surface area contributed by atoms with Crippen molar-refractivity contribution in [1.82, 2.24) is 15.0 Å². The molecule has 2 aromatic carbocycles. The molecule has 0 atom stereocenters. The molecule has 0 saturated carbocycles. The molecule has 0 aliphatic carbocycles. The number of para-hydroxylation sites is 1. The quantitative estimate of drug-likeness (QED) is 0.542. The van der Waals surface area contributed by atoms with Crippen LogP contribution >= 0.6 is 0 Å². The minimum Gasteiger partial charge on any atom is -0.324 e. The minimum absolute atomic E-state index is 0.199. The van der Waals surface area contributed by atoms with E-state index in [1.165, 1.54) is 12.1 Å². The SMILES string of the molecule is Fc1ccc(-c2cc(-c3ccncc3)nc(Nc3ccccc3)n2)c(F)c1. The molecule has 2 heterocycles. The van der Waals surface area contributed by atoms with Gasteiger partial charge in [0.25, 0.3) is 0 Å². The van der Waals surface area contributed by atoms with Gasteiger partial charge in [0.15, 0.2) is 0 Å². The summed E-state index contributed by atoms with van der Waals surface area (Å²) in [5.74, 6) is -1.00. The lowest BCUT2D eigenvalue weighted by molar-refractivity contribution is 0.585. The Kier molecular flexibility index (Phi) is 4.53. The van der Waals surface area contributed by atoms with Crippen LogP contribution in [-0.4, -0.2) is 15.0 Å². The second-order valence-corrected chi connectivity index (χ2v) is 5.81. The number of nitrogens with one attached hydrogen (secondary N) is 1. The van der Waals surface area contributed by atoms with Crippen LogP contribution in [-0.2, 0) is 0 Å². The number of nitrogens with zero attached hydrogens (tertiary/aromatic N) is 3. The molecule has 27 heavy (non-hydrogen) atoms. The summed E-state index contributed by atoms with van der Waals surface area (Å²) < 4.78 is 27.6. The first-order valence-electron chi connectivity index (χ1n) is 8.26. The van der Waals surface area contributed by atoms with Crippen molar-refractivity contribution in [2.24, 2.45) is 0 Å². The Bertz CT molecular complexity index is 1070. The van der Waals surface area contributed by atoms with Crippen molar-refractivity contribution in [3.05, 3.63) is 90.8 Å². The van der Waals surface area contributed by atoms with Gasteiger partial charge in [0.2, 0.25) is 5.95 Å². The van der Waals surface area contributed by atoms with E-state index >= 15 is 0 Å². The van der Waals surface area contributed by atoms with E-state index < -0.39 is 11.6 Å². The van der Waals surface area contributed by atoms with Crippen LogP contribution in [0.3, 0.4) is 0 Å².